The minimum absolute atomic E-state index is 0.0448. The molecule has 1 amide bonds. The summed E-state index contributed by atoms with van der Waals surface area (Å²) in [5, 5.41) is 13.0. The number of nitrogens with one attached hydrogen (secondary N) is 1. The van der Waals surface area contributed by atoms with Crippen molar-refractivity contribution in [2.75, 3.05) is 26.4 Å². The summed E-state index contributed by atoms with van der Waals surface area (Å²) < 4.78 is 10.7. The third-order valence-electron chi connectivity index (χ3n) is 3.74. The largest absolute Gasteiger partial charge is 0.483 e. The van der Waals surface area contributed by atoms with Gasteiger partial charge in [0.05, 0.1) is 5.60 Å². The summed E-state index contributed by atoms with van der Waals surface area (Å²) in [6.07, 6.45) is 1.09. The maximum atomic E-state index is 11.8. The fraction of sp³-hybridized carbons (Fsp3) is 0.562. The zero-order chi connectivity index (χ0) is 15.3. The number of ether oxygens (including phenoxy) is 2. The number of carbonyl (C=O) groups excluding carboxylic acids is 1. The van der Waals surface area contributed by atoms with Gasteiger partial charge in [-0.25, -0.2) is 0 Å². The molecule has 0 saturated carbocycles. The fourth-order valence-electron chi connectivity index (χ4n) is 2.25. The molecule has 2 N–H and O–H groups in total. The number of carbonyl (C=O) groups is 1. The van der Waals surface area contributed by atoms with Crippen molar-refractivity contribution in [1.29, 1.82) is 0 Å². The van der Waals surface area contributed by atoms with Crippen LogP contribution in [0.2, 0.25) is 0 Å². The van der Waals surface area contributed by atoms with Crippen LogP contribution in [0.15, 0.2) is 18.2 Å². The van der Waals surface area contributed by atoms with Gasteiger partial charge in [0.25, 0.3) is 5.91 Å². The maximum absolute atomic E-state index is 11.8. The highest BCUT2D eigenvalue weighted by molar-refractivity contribution is 5.77. The Hall–Kier alpha value is -1.59. The van der Waals surface area contributed by atoms with Crippen LogP contribution in [0.25, 0.3) is 0 Å². The molecule has 1 aliphatic rings. The van der Waals surface area contributed by atoms with Gasteiger partial charge in [-0.2, -0.15) is 0 Å². The highest BCUT2D eigenvalue weighted by Gasteiger charge is 2.30. The van der Waals surface area contributed by atoms with E-state index >= 15 is 0 Å². The maximum Gasteiger partial charge on any atom is 0.258 e. The van der Waals surface area contributed by atoms with Crippen LogP contribution >= 0.6 is 0 Å². The van der Waals surface area contributed by atoms with Crippen molar-refractivity contribution in [2.24, 2.45) is 0 Å². The average molecular weight is 293 g/mol. The van der Waals surface area contributed by atoms with Crippen LogP contribution in [0.4, 0.5) is 0 Å². The summed E-state index contributed by atoms with van der Waals surface area (Å²) >= 11 is 0. The Morgan fingerprint density at radius 2 is 2.10 bits per heavy atom. The van der Waals surface area contributed by atoms with Gasteiger partial charge in [0.1, 0.15) is 5.75 Å². The molecule has 1 heterocycles. The third-order valence-corrected chi connectivity index (χ3v) is 3.74. The van der Waals surface area contributed by atoms with E-state index in [1.54, 1.807) is 0 Å². The number of hydrogen-bond acceptors (Lipinski definition) is 4. The van der Waals surface area contributed by atoms with Crippen molar-refractivity contribution in [1.82, 2.24) is 5.32 Å². The van der Waals surface area contributed by atoms with Crippen molar-refractivity contribution in [3.63, 3.8) is 0 Å². The molecule has 0 atom stereocenters. The number of benzene rings is 1. The van der Waals surface area contributed by atoms with E-state index in [1.165, 1.54) is 0 Å². The molecule has 116 valence electrons. The van der Waals surface area contributed by atoms with E-state index in [4.69, 9.17) is 9.47 Å². The zero-order valence-electron chi connectivity index (χ0n) is 12.6. The molecular weight excluding hydrogens is 270 g/mol. The van der Waals surface area contributed by atoms with Gasteiger partial charge in [-0.3, -0.25) is 4.79 Å². The molecule has 5 nitrogen and oxygen atoms in total. The second kappa shape index (κ2) is 6.91. The average Bonchev–Trinajstić information content (AvgIpc) is 2.47. The van der Waals surface area contributed by atoms with Gasteiger partial charge in [-0.15, -0.1) is 0 Å². The molecule has 21 heavy (non-hydrogen) atoms. The summed E-state index contributed by atoms with van der Waals surface area (Å²) in [5.74, 6) is 0.491. The molecule has 0 unspecified atom stereocenters. The van der Waals surface area contributed by atoms with Crippen molar-refractivity contribution in [2.45, 2.75) is 32.3 Å². The monoisotopic (exact) mass is 293 g/mol. The summed E-state index contributed by atoms with van der Waals surface area (Å²) in [7, 11) is 0. The zero-order valence-corrected chi connectivity index (χ0v) is 12.6. The number of aryl methyl sites for hydroxylation is 2. The molecule has 1 aromatic carbocycles. The lowest BCUT2D eigenvalue weighted by molar-refractivity contribution is -0.125. The molecule has 0 aliphatic carbocycles. The number of amides is 1. The number of rotatable bonds is 5. The summed E-state index contributed by atoms with van der Waals surface area (Å²) in [6.45, 7) is 5.18. The normalized spacial score (nSPS) is 17.3. The lowest BCUT2D eigenvalue weighted by Gasteiger charge is -2.32. The van der Waals surface area contributed by atoms with Gasteiger partial charge in [-0.1, -0.05) is 12.1 Å². The first kappa shape index (κ1) is 15.8. The van der Waals surface area contributed by atoms with Crippen LogP contribution in [-0.4, -0.2) is 43.0 Å². The van der Waals surface area contributed by atoms with E-state index < -0.39 is 5.60 Å². The van der Waals surface area contributed by atoms with Crippen molar-refractivity contribution in [3.05, 3.63) is 29.3 Å². The molecule has 0 spiro atoms. The number of hydrogen-bond donors (Lipinski definition) is 2. The smallest absolute Gasteiger partial charge is 0.258 e. The Morgan fingerprint density at radius 3 is 2.81 bits per heavy atom. The first-order chi connectivity index (χ1) is 9.98. The van der Waals surface area contributed by atoms with Crippen LogP contribution in [0.1, 0.15) is 24.0 Å². The van der Waals surface area contributed by atoms with E-state index in [0.717, 1.165) is 16.9 Å². The lowest BCUT2D eigenvalue weighted by atomic mass is 9.94. The van der Waals surface area contributed by atoms with E-state index in [-0.39, 0.29) is 19.1 Å². The molecule has 0 bridgehead atoms. The predicted molar refractivity (Wildman–Crippen MR) is 79.4 cm³/mol. The molecular formula is C16H23NO4. The minimum Gasteiger partial charge on any atom is -0.483 e. The Bertz CT molecular complexity index is 495. The summed E-state index contributed by atoms with van der Waals surface area (Å²) in [5.41, 5.74) is 1.23. The van der Waals surface area contributed by atoms with Crippen LogP contribution in [0, 0.1) is 13.8 Å². The van der Waals surface area contributed by atoms with E-state index in [0.29, 0.717) is 26.1 Å². The fourth-order valence-corrected chi connectivity index (χ4v) is 2.25. The summed E-state index contributed by atoms with van der Waals surface area (Å²) in [6, 6.07) is 5.88. The van der Waals surface area contributed by atoms with E-state index in [2.05, 4.69) is 5.32 Å². The van der Waals surface area contributed by atoms with Crippen molar-refractivity contribution < 1.29 is 19.4 Å². The molecule has 1 saturated heterocycles. The highest BCUT2D eigenvalue weighted by atomic mass is 16.5. The van der Waals surface area contributed by atoms with Gasteiger partial charge >= 0.3 is 0 Å². The third kappa shape index (κ3) is 4.72. The van der Waals surface area contributed by atoms with E-state index in [1.807, 2.05) is 32.0 Å². The molecule has 1 aliphatic heterocycles. The van der Waals surface area contributed by atoms with Gasteiger partial charge in [-0.05, 0) is 31.0 Å². The van der Waals surface area contributed by atoms with Crippen LogP contribution in [0.5, 0.6) is 5.75 Å². The van der Waals surface area contributed by atoms with Crippen LogP contribution < -0.4 is 10.1 Å². The standard InChI is InChI=1S/C16H23NO4/c1-12-3-4-13(2)14(9-12)21-10-15(18)17-11-16(19)5-7-20-8-6-16/h3-4,9,19H,5-8,10-11H2,1-2H3,(H,17,18). The first-order valence-corrected chi connectivity index (χ1v) is 7.25. The van der Waals surface area contributed by atoms with Gasteiger partial charge < -0.3 is 19.9 Å². The minimum atomic E-state index is -0.854. The Balaban J connectivity index is 1.78. The van der Waals surface area contributed by atoms with Crippen LogP contribution in [-0.2, 0) is 9.53 Å². The van der Waals surface area contributed by atoms with Crippen LogP contribution in [0.3, 0.4) is 0 Å². The SMILES string of the molecule is Cc1ccc(C)c(OCC(=O)NCC2(O)CCOCC2)c1. The quantitative estimate of drug-likeness (QED) is 0.859. The second-order valence-electron chi connectivity index (χ2n) is 5.67. The molecule has 0 aromatic heterocycles. The lowest BCUT2D eigenvalue weighted by Crippen LogP contribution is -2.47. The Kier molecular flexibility index (Phi) is 5.20. The van der Waals surface area contributed by atoms with Crippen molar-refractivity contribution >= 4 is 5.91 Å². The van der Waals surface area contributed by atoms with E-state index in [9.17, 15) is 9.90 Å². The molecule has 0 radical (unpaired) electrons. The summed E-state index contributed by atoms with van der Waals surface area (Å²) in [4.78, 5) is 11.8. The first-order valence-electron chi connectivity index (χ1n) is 7.25. The molecule has 2 rings (SSSR count). The highest BCUT2D eigenvalue weighted by Crippen LogP contribution is 2.20. The molecule has 1 fully saturated rings. The van der Waals surface area contributed by atoms with Gasteiger partial charge in [0.2, 0.25) is 0 Å². The van der Waals surface area contributed by atoms with Gasteiger partial charge in [0, 0.05) is 32.6 Å². The topological polar surface area (TPSA) is 67.8 Å². The molecule has 1 aromatic rings. The number of aliphatic hydroxyl groups is 1. The van der Waals surface area contributed by atoms with Crippen molar-refractivity contribution in [3.8, 4) is 5.75 Å². The predicted octanol–water partition coefficient (Wildman–Crippen LogP) is 1.34. The Labute approximate surface area is 125 Å². The second-order valence-corrected chi connectivity index (χ2v) is 5.67. The Morgan fingerprint density at radius 1 is 1.38 bits per heavy atom. The molecule has 5 heteroatoms. The van der Waals surface area contributed by atoms with Gasteiger partial charge in [0.15, 0.2) is 6.61 Å².